The van der Waals surface area contributed by atoms with E-state index in [1.54, 1.807) is 31.2 Å². The van der Waals surface area contributed by atoms with E-state index in [-0.39, 0.29) is 12.5 Å². The number of carbonyl (C=O) groups is 1. The smallest absolute Gasteiger partial charge is 0.251 e. The fourth-order valence-corrected chi connectivity index (χ4v) is 2.37. The maximum atomic E-state index is 12.5. The van der Waals surface area contributed by atoms with Gasteiger partial charge in [0.2, 0.25) is 11.8 Å². The normalized spacial score (nSPS) is 11.9. The SMILES string of the molecule is Cc1nnc(-c2cccc(C(=O)NC(CO)c3ccccc3)c2)o1. The number of hydrogen-bond acceptors (Lipinski definition) is 5. The highest BCUT2D eigenvalue weighted by Crippen LogP contribution is 2.20. The average molecular weight is 323 g/mol. The molecule has 1 atom stereocenters. The van der Waals surface area contributed by atoms with Gasteiger partial charge in [-0.2, -0.15) is 0 Å². The van der Waals surface area contributed by atoms with Crippen LogP contribution in [0.1, 0.15) is 27.9 Å². The molecule has 3 aromatic rings. The molecule has 0 spiro atoms. The topological polar surface area (TPSA) is 88.2 Å². The number of aromatic nitrogens is 2. The van der Waals surface area contributed by atoms with E-state index >= 15 is 0 Å². The summed E-state index contributed by atoms with van der Waals surface area (Å²) in [6.07, 6.45) is 0. The van der Waals surface area contributed by atoms with E-state index in [1.165, 1.54) is 0 Å². The first kappa shape index (κ1) is 15.9. The van der Waals surface area contributed by atoms with Crippen molar-refractivity contribution in [2.45, 2.75) is 13.0 Å². The van der Waals surface area contributed by atoms with E-state index in [9.17, 15) is 9.90 Å². The van der Waals surface area contributed by atoms with Crippen LogP contribution in [-0.2, 0) is 0 Å². The average Bonchev–Trinajstić information content (AvgIpc) is 3.07. The van der Waals surface area contributed by atoms with Gasteiger partial charge in [-0.05, 0) is 23.8 Å². The van der Waals surface area contributed by atoms with Crippen molar-refractivity contribution in [3.05, 3.63) is 71.6 Å². The molecule has 0 radical (unpaired) electrons. The van der Waals surface area contributed by atoms with Gasteiger partial charge in [0.1, 0.15) is 0 Å². The van der Waals surface area contributed by atoms with Crippen LogP contribution >= 0.6 is 0 Å². The Labute approximate surface area is 139 Å². The summed E-state index contributed by atoms with van der Waals surface area (Å²) in [5, 5.41) is 20.1. The van der Waals surface area contributed by atoms with E-state index in [0.717, 1.165) is 5.56 Å². The second kappa shape index (κ2) is 7.06. The molecule has 122 valence electrons. The van der Waals surface area contributed by atoms with Crippen LogP contribution in [0.15, 0.2) is 59.0 Å². The number of benzene rings is 2. The summed E-state index contributed by atoms with van der Waals surface area (Å²) >= 11 is 0. The van der Waals surface area contributed by atoms with E-state index in [4.69, 9.17) is 4.42 Å². The molecule has 0 saturated heterocycles. The number of carbonyl (C=O) groups excluding carboxylic acids is 1. The standard InChI is InChI=1S/C18H17N3O3/c1-12-20-21-18(24-12)15-9-5-8-14(10-15)17(23)19-16(11-22)13-6-3-2-4-7-13/h2-10,16,22H,11H2,1H3,(H,19,23). The number of nitrogens with zero attached hydrogens (tertiary/aromatic N) is 2. The lowest BCUT2D eigenvalue weighted by molar-refractivity contribution is 0.0916. The van der Waals surface area contributed by atoms with Gasteiger partial charge in [0.05, 0.1) is 12.6 Å². The molecule has 1 unspecified atom stereocenters. The second-order valence-electron chi connectivity index (χ2n) is 5.33. The summed E-state index contributed by atoms with van der Waals surface area (Å²) in [6, 6.07) is 15.8. The summed E-state index contributed by atoms with van der Waals surface area (Å²) in [5.41, 5.74) is 1.97. The summed E-state index contributed by atoms with van der Waals surface area (Å²) in [7, 11) is 0. The van der Waals surface area contributed by atoms with E-state index in [0.29, 0.717) is 22.9 Å². The molecule has 0 aliphatic carbocycles. The van der Waals surface area contributed by atoms with Crippen molar-refractivity contribution in [2.24, 2.45) is 0 Å². The van der Waals surface area contributed by atoms with Crippen LogP contribution in [0.2, 0.25) is 0 Å². The lowest BCUT2D eigenvalue weighted by Gasteiger charge is -2.16. The van der Waals surface area contributed by atoms with Crippen LogP contribution in [0.5, 0.6) is 0 Å². The number of hydrogen-bond donors (Lipinski definition) is 2. The van der Waals surface area contributed by atoms with E-state index < -0.39 is 6.04 Å². The number of nitrogens with one attached hydrogen (secondary N) is 1. The Kier molecular flexibility index (Phi) is 4.67. The van der Waals surface area contributed by atoms with Crippen LogP contribution < -0.4 is 5.32 Å². The monoisotopic (exact) mass is 323 g/mol. The molecule has 1 amide bonds. The van der Waals surface area contributed by atoms with Crippen molar-refractivity contribution in [3.63, 3.8) is 0 Å². The van der Waals surface area contributed by atoms with Gasteiger partial charge in [0, 0.05) is 18.1 Å². The van der Waals surface area contributed by atoms with Crippen molar-refractivity contribution in [3.8, 4) is 11.5 Å². The van der Waals surface area contributed by atoms with Gasteiger partial charge in [0.15, 0.2) is 0 Å². The highest BCUT2D eigenvalue weighted by molar-refractivity contribution is 5.95. The van der Waals surface area contributed by atoms with Crippen LogP contribution in [0.25, 0.3) is 11.5 Å². The molecule has 6 nitrogen and oxygen atoms in total. The van der Waals surface area contributed by atoms with Crippen molar-refractivity contribution >= 4 is 5.91 Å². The van der Waals surface area contributed by atoms with Gasteiger partial charge < -0.3 is 14.8 Å². The number of aliphatic hydroxyl groups excluding tert-OH is 1. The fraction of sp³-hybridized carbons (Fsp3) is 0.167. The first-order valence-corrected chi connectivity index (χ1v) is 7.54. The van der Waals surface area contributed by atoms with E-state index in [1.807, 2.05) is 30.3 Å². The molecule has 6 heteroatoms. The maximum absolute atomic E-state index is 12.5. The highest BCUT2D eigenvalue weighted by atomic mass is 16.4. The molecule has 3 rings (SSSR count). The van der Waals surface area contributed by atoms with Crippen molar-refractivity contribution in [1.29, 1.82) is 0 Å². The first-order chi connectivity index (χ1) is 11.7. The quantitative estimate of drug-likeness (QED) is 0.753. The third-order valence-corrected chi connectivity index (χ3v) is 3.59. The zero-order valence-electron chi connectivity index (χ0n) is 13.1. The molecule has 0 aliphatic rings. The fourth-order valence-electron chi connectivity index (χ4n) is 2.37. The molecule has 0 aliphatic heterocycles. The molecule has 1 heterocycles. The van der Waals surface area contributed by atoms with E-state index in [2.05, 4.69) is 15.5 Å². The van der Waals surface area contributed by atoms with Crippen molar-refractivity contribution < 1.29 is 14.3 Å². The Morgan fingerprint density at radius 3 is 2.62 bits per heavy atom. The number of amides is 1. The molecule has 0 fully saturated rings. The third-order valence-electron chi connectivity index (χ3n) is 3.59. The van der Waals surface area contributed by atoms with Gasteiger partial charge in [-0.3, -0.25) is 4.79 Å². The van der Waals surface area contributed by atoms with Crippen LogP contribution in [-0.4, -0.2) is 27.8 Å². The molecule has 2 N–H and O–H groups in total. The lowest BCUT2D eigenvalue weighted by Crippen LogP contribution is -2.30. The van der Waals surface area contributed by atoms with Gasteiger partial charge >= 0.3 is 0 Å². The minimum absolute atomic E-state index is 0.182. The highest BCUT2D eigenvalue weighted by Gasteiger charge is 2.16. The van der Waals surface area contributed by atoms with Gasteiger partial charge in [0.25, 0.3) is 5.91 Å². The molecule has 2 aromatic carbocycles. The Hall–Kier alpha value is -2.99. The predicted octanol–water partition coefficient (Wildman–Crippen LogP) is 2.51. The zero-order chi connectivity index (χ0) is 16.9. The van der Waals surface area contributed by atoms with Crippen LogP contribution in [0.4, 0.5) is 0 Å². The minimum atomic E-state index is -0.465. The maximum Gasteiger partial charge on any atom is 0.251 e. The molecule has 24 heavy (non-hydrogen) atoms. The summed E-state index contributed by atoms with van der Waals surface area (Å²) in [5.74, 6) is 0.546. The molecule has 0 bridgehead atoms. The number of rotatable bonds is 5. The largest absolute Gasteiger partial charge is 0.421 e. The number of aryl methyl sites for hydroxylation is 1. The number of aliphatic hydroxyl groups is 1. The molecule has 1 aromatic heterocycles. The zero-order valence-corrected chi connectivity index (χ0v) is 13.1. The Morgan fingerprint density at radius 2 is 1.96 bits per heavy atom. The van der Waals surface area contributed by atoms with Crippen molar-refractivity contribution in [2.75, 3.05) is 6.61 Å². The predicted molar refractivity (Wildman–Crippen MR) is 88.2 cm³/mol. The third kappa shape index (κ3) is 3.49. The Balaban J connectivity index is 1.80. The summed E-state index contributed by atoms with van der Waals surface area (Å²) in [6.45, 7) is 1.52. The van der Waals surface area contributed by atoms with Gasteiger partial charge in [-0.1, -0.05) is 36.4 Å². The summed E-state index contributed by atoms with van der Waals surface area (Å²) in [4.78, 5) is 12.5. The van der Waals surface area contributed by atoms with Crippen LogP contribution in [0, 0.1) is 6.92 Å². The van der Waals surface area contributed by atoms with Crippen LogP contribution in [0.3, 0.4) is 0 Å². The van der Waals surface area contributed by atoms with Gasteiger partial charge in [-0.15, -0.1) is 10.2 Å². The second-order valence-corrected chi connectivity index (χ2v) is 5.33. The summed E-state index contributed by atoms with van der Waals surface area (Å²) < 4.78 is 5.38. The molecule has 0 saturated carbocycles. The Morgan fingerprint density at radius 1 is 1.17 bits per heavy atom. The lowest BCUT2D eigenvalue weighted by atomic mass is 10.1. The molecular weight excluding hydrogens is 306 g/mol. The minimum Gasteiger partial charge on any atom is -0.421 e. The Bertz CT molecular complexity index is 830. The molecular formula is C18H17N3O3. The van der Waals surface area contributed by atoms with Gasteiger partial charge in [-0.25, -0.2) is 0 Å². The van der Waals surface area contributed by atoms with Crippen molar-refractivity contribution in [1.82, 2.24) is 15.5 Å². The first-order valence-electron chi connectivity index (χ1n) is 7.54.